The maximum atomic E-state index is 13.9. The zero-order valence-corrected chi connectivity index (χ0v) is 16.5. The van der Waals surface area contributed by atoms with Crippen LogP contribution in [-0.4, -0.2) is 25.8 Å². The predicted molar refractivity (Wildman–Crippen MR) is 110 cm³/mol. The fourth-order valence-corrected chi connectivity index (χ4v) is 3.73. The van der Waals surface area contributed by atoms with Crippen molar-refractivity contribution >= 4 is 34.4 Å². The Labute approximate surface area is 170 Å². The van der Waals surface area contributed by atoms with Gasteiger partial charge in [-0.3, -0.25) is 14.8 Å². The van der Waals surface area contributed by atoms with E-state index in [0.29, 0.717) is 21.9 Å². The molecule has 0 spiro atoms. The standard InChI is InChI=1S/C21H16FN5OS/c1-12-9-13(2)26-21(25-12)29-16-5-3-15(4-6-16)27-20(28)17-10-14(22)11-18-19(17)24-8-7-23-18/h3-11H,1-2H3,(H,27,28). The van der Waals surface area contributed by atoms with E-state index in [-0.39, 0.29) is 5.56 Å². The number of aryl methyl sites for hydroxylation is 2. The number of carbonyl (C=O) groups is 1. The third-order valence-corrected chi connectivity index (χ3v) is 4.94. The van der Waals surface area contributed by atoms with Gasteiger partial charge in [0, 0.05) is 40.4 Å². The minimum Gasteiger partial charge on any atom is -0.322 e. The largest absolute Gasteiger partial charge is 0.322 e. The highest BCUT2D eigenvalue weighted by Gasteiger charge is 2.14. The molecule has 0 unspecified atom stereocenters. The minimum absolute atomic E-state index is 0.134. The predicted octanol–water partition coefficient (Wildman–Crippen LogP) is 4.58. The third-order valence-electron chi connectivity index (χ3n) is 4.07. The Morgan fingerprint density at radius 1 is 0.966 bits per heavy atom. The summed E-state index contributed by atoms with van der Waals surface area (Å²) < 4.78 is 13.9. The molecule has 2 heterocycles. The van der Waals surface area contributed by atoms with Gasteiger partial charge in [-0.25, -0.2) is 14.4 Å². The van der Waals surface area contributed by atoms with Crippen molar-refractivity contribution in [2.24, 2.45) is 0 Å². The summed E-state index contributed by atoms with van der Waals surface area (Å²) in [7, 11) is 0. The number of nitrogens with zero attached hydrogens (tertiary/aromatic N) is 4. The molecule has 8 heteroatoms. The van der Waals surface area contributed by atoms with Crippen LogP contribution in [0.15, 0.2) is 64.9 Å². The van der Waals surface area contributed by atoms with Crippen molar-refractivity contribution in [2.45, 2.75) is 23.9 Å². The highest BCUT2D eigenvalue weighted by molar-refractivity contribution is 7.99. The molecule has 0 aliphatic carbocycles. The van der Waals surface area contributed by atoms with Gasteiger partial charge in [0.15, 0.2) is 5.16 Å². The Morgan fingerprint density at radius 3 is 2.38 bits per heavy atom. The molecule has 0 aliphatic rings. The van der Waals surface area contributed by atoms with Gasteiger partial charge < -0.3 is 5.32 Å². The van der Waals surface area contributed by atoms with E-state index < -0.39 is 11.7 Å². The molecule has 6 nitrogen and oxygen atoms in total. The normalized spacial score (nSPS) is 10.9. The van der Waals surface area contributed by atoms with Crippen LogP contribution in [0.2, 0.25) is 0 Å². The van der Waals surface area contributed by atoms with Crippen LogP contribution in [-0.2, 0) is 0 Å². The van der Waals surface area contributed by atoms with Crippen LogP contribution in [0.25, 0.3) is 11.0 Å². The summed E-state index contributed by atoms with van der Waals surface area (Å²) in [6.07, 6.45) is 2.93. The van der Waals surface area contributed by atoms with Gasteiger partial charge in [-0.2, -0.15) is 0 Å². The van der Waals surface area contributed by atoms with Crippen LogP contribution in [0, 0.1) is 19.7 Å². The van der Waals surface area contributed by atoms with Crippen LogP contribution in [0.1, 0.15) is 21.7 Å². The first-order valence-electron chi connectivity index (χ1n) is 8.80. The van der Waals surface area contributed by atoms with E-state index in [4.69, 9.17) is 0 Å². The van der Waals surface area contributed by atoms with Crippen molar-refractivity contribution in [2.75, 3.05) is 5.32 Å². The molecule has 4 rings (SSSR count). The summed E-state index contributed by atoms with van der Waals surface area (Å²) in [6, 6.07) is 11.6. The maximum Gasteiger partial charge on any atom is 0.258 e. The Balaban J connectivity index is 1.52. The number of benzene rings is 2. The minimum atomic E-state index is -0.539. The van der Waals surface area contributed by atoms with Crippen molar-refractivity contribution < 1.29 is 9.18 Å². The van der Waals surface area contributed by atoms with Crippen molar-refractivity contribution in [3.05, 3.63) is 77.6 Å². The molecule has 0 atom stereocenters. The molecule has 29 heavy (non-hydrogen) atoms. The van der Waals surface area contributed by atoms with Crippen LogP contribution in [0.5, 0.6) is 0 Å². The second-order valence-corrected chi connectivity index (χ2v) is 7.43. The van der Waals surface area contributed by atoms with E-state index in [1.165, 1.54) is 30.2 Å². The molecule has 1 N–H and O–H groups in total. The van der Waals surface area contributed by atoms with Gasteiger partial charge in [-0.05, 0) is 62.0 Å². The lowest BCUT2D eigenvalue weighted by atomic mass is 10.1. The lowest BCUT2D eigenvalue weighted by Gasteiger charge is -2.08. The number of amides is 1. The quantitative estimate of drug-likeness (QED) is 0.501. The second-order valence-electron chi connectivity index (χ2n) is 6.39. The van der Waals surface area contributed by atoms with Crippen LogP contribution >= 0.6 is 11.8 Å². The number of aromatic nitrogens is 4. The average Bonchev–Trinajstić information content (AvgIpc) is 2.68. The SMILES string of the molecule is Cc1cc(C)nc(Sc2ccc(NC(=O)c3cc(F)cc4nccnc34)cc2)n1. The van der Waals surface area contributed by atoms with E-state index in [0.717, 1.165) is 22.3 Å². The highest BCUT2D eigenvalue weighted by atomic mass is 32.2. The van der Waals surface area contributed by atoms with Gasteiger partial charge >= 0.3 is 0 Å². The molecule has 0 radical (unpaired) electrons. The van der Waals surface area contributed by atoms with Crippen molar-refractivity contribution in [3.8, 4) is 0 Å². The Kier molecular flexibility index (Phi) is 5.18. The third kappa shape index (κ3) is 4.38. The summed E-state index contributed by atoms with van der Waals surface area (Å²) in [5.74, 6) is -0.989. The van der Waals surface area contributed by atoms with Crippen LogP contribution in [0.4, 0.5) is 10.1 Å². The van der Waals surface area contributed by atoms with Gasteiger partial charge in [0.1, 0.15) is 11.3 Å². The van der Waals surface area contributed by atoms with Crippen LogP contribution in [0.3, 0.4) is 0 Å². The fourth-order valence-electron chi connectivity index (χ4n) is 2.86. The monoisotopic (exact) mass is 405 g/mol. The molecule has 0 fully saturated rings. The average molecular weight is 405 g/mol. The summed E-state index contributed by atoms with van der Waals surface area (Å²) in [5.41, 5.74) is 3.23. The van der Waals surface area contributed by atoms with Gasteiger partial charge in [-0.1, -0.05) is 0 Å². The number of carbonyl (C=O) groups excluding carboxylic acids is 1. The summed E-state index contributed by atoms with van der Waals surface area (Å²) >= 11 is 1.44. The molecular weight excluding hydrogens is 389 g/mol. The molecular formula is C21H16FN5OS. The number of hydrogen-bond acceptors (Lipinski definition) is 6. The molecule has 0 saturated carbocycles. The van der Waals surface area contributed by atoms with E-state index in [1.807, 2.05) is 32.0 Å². The highest BCUT2D eigenvalue weighted by Crippen LogP contribution is 2.26. The van der Waals surface area contributed by atoms with Crippen molar-refractivity contribution in [3.63, 3.8) is 0 Å². The van der Waals surface area contributed by atoms with E-state index in [2.05, 4.69) is 25.3 Å². The van der Waals surface area contributed by atoms with Crippen LogP contribution < -0.4 is 5.32 Å². The first-order valence-corrected chi connectivity index (χ1v) is 9.61. The van der Waals surface area contributed by atoms with Gasteiger partial charge in [0.05, 0.1) is 11.1 Å². The summed E-state index contributed by atoms with van der Waals surface area (Å²) in [4.78, 5) is 30.6. The lowest BCUT2D eigenvalue weighted by molar-refractivity contribution is 0.102. The fraction of sp³-hybridized carbons (Fsp3) is 0.0952. The van der Waals surface area contributed by atoms with Gasteiger partial charge in [0.2, 0.25) is 0 Å². The number of nitrogens with one attached hydrogen (secondary N) is 1. The van der Waals surface area contributed by atoms with Crippen molar-refractivity contribution in [1.82, 2.24) is 19.9 Å². The van der Waals surface area contributed by atoms with E-state index >= 15 is 0 Å². The summed E-state index contributed by atoms with van der Waals surface area (Å²) in [5, 5.41) is 3.44. The molecule has 2 aromatic carbocycles. The summed E-state index contributed by atoms with van der Waals surface area (Å²) in [6.45, 7) is 3.86. The van der Waals surface area contributed by atoms with E-state index in [9.17, 15) is 9.18 Å². The lowest BCUT2D eigenvalue weighted by Crippen LogP contribution is -2.13. The number of fused-ring (bicyclic) bond motifs is 1. The Bertz CT molecular complexity index is 1190. The number of rotatable bonds is 4. The molecule has 4 aromatic rings. The number of halogens is 1. The molecule has 2 aromatic heterocycles. The maximum absolute atomic E-state index is 13.9. The van der Waals surface area contributed by atoms with Gasteiger partial charge in [0.25, 0.3) is 5.91 Å². The molecule has 1 amide bonds. The topological polar surface area (TPSA) is 80.7 Å². The second kappa shape index (κ2) is 7.92. The number of hydrogen-bond donors (Lipinski definition) is 1. The number of anilines is 1. The molecule has 0 bridgehead atoms. The molecule has 0 saturated heterocycles. The smallest absolute Gasteiger partial charge is 0.258 e. The van der Waals surface area contributed by atoms with E-state index in [1.54, 1.807) is 12.1 Å². The first kappa shape index (κ1) is 18.9. The zero-order valence-electron chi connectivity index (χ0n) is 15.7. The van der Waals surface area contributed by atoms with Crippen molar-refractivity contribution in [1.29, 1.82) is 0 Å². The molecule has 0 aliphatic heterocycles. The van der Waals surface area contributed by atoms with Gasteiger partial charge in [-0.15, -0.1) is 0 Å². The Morgan fingerprint density at radius 2 is 1.66 bits per heavy atom. The first-order chi connectivity index (χ1) is 14.0. The zero-order chi connectivity index (χ0) is 20.4. The Hall–Kier alpha value is -3.39. The molecule has 144 valence electrons.